The third kappa shape index (κ3) is 14.2. The Hall–Kier alpha value is 1.32. The lowest BCUT2D eigenvalue weighted by Crippen LogP contribution is -2.45. The van der Waals surface area contributed by atoms with Crippen molar-refractivity contribution in [2.24, 2.45) is 0 Å². The van der Waals surface area contributed by atoms with Crippen LogP contribution in [-0.2, 0) is 18.9 Å². The summed E-state index contributed by atoms with van der Waals surface area (Å²) in [6, 6.07) is 2.57. The van der Waals surface area contributed by atoms with E-state index in [0.29, 0.717) is 0 Å². The SMILES string of the molecule is CCCC[SiH2]C(CSSSCC(OCC)(OCC)[SiH2]CCCC)(OCC)OCC. The summed E-state index contributed by atoms with van der Waals surface area (Å²) in [4.78, 5) is 0. The smallest absolute Gasteiger partial charge is 0.154 e. The molecule has 9 heteroatoms. The van der Waals surface area contributed by atoms with E-state index in [-0.39, 0.29) is 10.8 Å². The highest BCUT2D eigenvalue weighted by atomic mass is 33.5. The number of rotatable bonds is 22. The van der Waals surface area contributed by atoms with Crippen molar-refractivity contribution in [3.05, 3.63) is 0 Å². The highest BCUT2D eigenvalue weighted by molar-refractivity contribution is 9.09. The molecule has 0 rings (SSSR count). The van der Waals surface area contributed by atoms with Crippen LogP contribution in [0.4, 0.5) is 0 Å². The number of unbranched alkanes of at least 4 members (excludes halogenated alkanes) is 2. The molecule has 0 radical (unpaired) electrons. The highest BCUT2D eigenvalue weighted by Crippen LogP contribution is 2.40. The summed E-state index contributed by atoms with van der Waals surface area (Å²) in [6.45, 7) is 15.7. The van der Waals surface area contributed by atoms with E-state index in [1.165, 1.54) is 37.8 Å². The van der Waals surface area contributed by atoms with Crippen molar-refractivity contribution in [2.75, 3.05) is 37.9 Å². The largest absolute Gasteiger partial charge is 0.354 e. The normalized spacial score (nSPS) is 13.4. The Balaban J connectivity index is 4.65. The van der Waals surface area contributed by atoms with Crippen LogP contribution in [0.25, 0.3) is 0 Å². The first kappa shape index (κ1) is 30.3. The second kappa shape index (κ2) is 20.0. The maximum absolute atomic E-state index is 6.16. The van der Waals surface area contributed by atoms with Crippen LogP contribution in [-0.4, -0.2) is 67.8 Å². The Kier molecular flexibility index (Phi) is 20.9. The van der Waals surface area contributed by atoms with E-state index in [1.807, 2.05) is 31.4 Å². The molecule has 0 aromatic rings. The predicted octanol–water partition coefficient (Wildman–Crippen LogP) is 5.24. The van der Waals surface area contributed by atoms with Gasteiger partial charge in [0, 0.05) is 26.4 Å². The Bertz CT molecular complexity index is 325. The van der Waals surface area contributed by atoms with Crippen LogP contribution >= 0.6 is 31.4 Å². The molecule has 0 saturated heterocycles. The third-order valence-corrected chi connectivity index (χ3v) is 14.2. The fourth-order valence-corrected chi connectivity index (χ4v) is 13.8. The molecule has 29 heavy (non-hydrogen) atoms. The van der Waals surface area contributed by atoms with Gasteiger partial charge in [0.2, 0.25) is 0 Å². The average molecular weight is 503 g/mol. The van der Waals surface area contributed by atoms with Crippen molar-refractivity contribution < 1.29 is 18.9 Å². The van der Waals surface area contributed by atoms with E-state index < -0.39 is 19.0 Å². The Morgan fingerprint density at radius 1 is 0.586 bits per heavy atom. The molecule has 0 saturated carbocycles. The number of hydrogen-bond donors (Lipinski definition) is 0. The summed E-state index contributed by atoms with van der Waals surface area (Å²) in [5, 5.41) is 0. The van der Waals surface area contributed by atoms with Crippen LogP contribution in [0.1, 0.15) is 67.2 Å². The first-order valence-corrected chi connectivity index (χ1v) is 18.8. The summed E-state index contributed by atoms with van der Waals surface area (Å²) in [6.07, 6.45) is 5.07. The van der Waals surface area contributed by atoms with Gasteiger partial charge in [-0.1, -0.05) is 73.2 Å². The molecular weight excluding hydrogens is 457 g/mol. The lowest BCUT2D eigenvalue weighted by molar-refractivity contribution is -0.159. The van der Waals surface area contributed by atoms with Gasteiger partial charge in [0.15, 0.2) is 10.8 Å². The second-order valence-corrected chi connectivity index (χ2v) is 15.9. The van der Waals surface area contributed by atoms with Gasteiger partial charge in [-0.25, -0.2) is 0 Å². The zero-order chi connectivity index (χ0) is 21.8. The molecule has 0 fully saturated rings. The molecule has 0 aromatic heterocycles. The lowest BCUT2D eigenvalue weighted by atomic mass is 10.4. The first-order valence-electron chi connectivity index (χ1n) is 11.5. The predicted molar refractivity (Wildman–Crippen MR) is 141 cm³/mol. The van der Waals surface area contributed by atoms with Crippen molar-refractivity contribution in [3.8, 4) is 0 Å². The molecular formula is C20H46O4S3Si2. The van der Waals surface area contributed by atoms with Crippen molar-refractivity contribution >= 4 is 50.5 Å². The van der Waals surface area contributed by atoms with Crippen LogP contribution in [0.3, 0.4) is 0 Å². The quantitative estimate of drug-likeness (QED) is 0.0866. The van der Waals surface area contributed by atoms with Gasteiger partial charge in [0.1, 0.15) is 0 Å². The molecule has 0 unspecified atom stereocenters. The molecule has 176 valence electrons. The molecule has 0 aromatic carbocycles. The summed E-state index contributed by atoms with van der Waals surface area (Å²) in [5.41, 5.74) is -0.632. The third-order valence-electron chi connectivity index (χ3n) is 4.61. The zero-order valence-corrected chi connectivity index (χ0v) is 25.0. The van der Waals surface area contributed by atoms with Gasteiger partial charge in [0.05, 0.1) is 30.5 Å². The Morgan fingerprint density at radius 2 is 0.931 bits per heavy atom. The maximum atomic E-state index is 6.16. The van der Waals surface area contributed by atoms with Gasteiger partial charge >= 0.3 is 0 Å². The molecule has 0 spiro atoms. The second-order valence-electron chi connectivity index (χ2n) is 7.06. The standard InChI is InChI=1S/C20H46O4S3Si2/c1-7-13-15-28-19(21-9-3,22-10-4)17-25-27-26-18-20(23-11-5,24-12-6)29-16-14-8-2/h7-18,28-29H2,1-6H3. The van der Waals surface area contributed by atoms with Crippen LogP contribution in [0.15, 0.2) is 0 Å². The summed E-state index contributed by atoms with van der Waals surface area (Å²) < 4.78 is 24.6. The van der Waals surface area contributed by atoms with Gasteiger partial charge < -0.3 is 18.9 Å². The first-order chi connectivity index (χ1) is 14.1. The van der Waals surface area contributed by atoms with Gasteiger partial charge in [-0.2, -0.15) is 0 Å². The van der Waals surface area contributed by atoms with Gasteiger partial charge in [-0.3, -0.25) is 0 Å². The van der Waals surface area contributed by atoms with Crippen LogP contribution in [0.2, 0.25) is 12.1 Å². The minimum Gasteiger partial charge on any atom is -0.354 e. The summed E-state index contributed by atoms with van der Waals surface area (Å²) in [7, 11) is 4.72. The van der Waals surface area contributed by atoms with E-state index in [4.69, 9.17) is 18.9 Å². The zero-order valence-electron chi connectivity index (χ0n) is 19.8. The van der Waals surface area contributed by atoms with Crippen molar-refractivity contribution in [1.82, 2.24) is 0 Å². The lowest BCUT2D eigenvalue weighted by Gasteiger charge is -2.34. The van der Waals surface area contributed by atoms with E-state index in [1.54, 1.807) is 0 Å². The minimum absolute atomic E-state index is 0.316. The Labute approximate surface area is 196 Å². The molecule has 0 aliphatic rings. The highest BCUT2D eigenvalue weighted by Gasteiger charge is 2.33. The van der Waals surface area contributed by atoms with Crippen LogP contribution in [0.5, 0.6) is 0 Å². The molecule has 0 N–H and O–H groups in total. The fraction of sp³-hybridized carbons (Fsp3) is 1.00. The van der Waals surface area contributed by atoms with E-state index in [9.17, 15) is 0 Å². The molecule has 0 bridgehead atoms. The minimum atomic E-state index is -0.437. The summed E-state index contributed by atoms with van der Waals surface area (Å²) >= 11 is 0. The number of hydrogen-bond acceptors (Lipinski definition) is 7. The van der Waals surface area contributed by atoms with Crippen LogP contribution in [0, 0.1) is 0 Å². The monoisotopic (exact) mass is 502 g/mol. The van der Waals surface area contributed by atoms with Gasteiger partial charge in [-0.05, 0) is 37.5 Å². The van der Waals surface area contributed by atoms with Gasteiger partial charge in [0.25, 0.3) is 0 Å². The van der Waals surface area contributed by atoms with E-state index >= 15 is 0 Å². The van der Waals surface area contributed by atoms with Crippen molar-refractivity contribution in [2.45, 2.75) is 90.1 Å². The molecule has 4 nitrogen and oxygen atoms in total. The average Bonchev–Trinajstić information content (AvgIpc) is 2.69. The maximum Gasteiger partial charge on any atom is 0.154 e. The topological polar surface area (TPSA) is 36.9 Å². The van der Waals surface area contributed by atoms with Crippen molar-refractivity contribution in [1.29, 1.82) is 0 Å². The molecule has 0 amide bonds. The van der Waals surface area contributed by atoms with E-state index in [2.05, 4.69) is 41.5 Å². The molecule has 0 aliphatic carbocycles. The van der Waals surface area contributed by atoms with Crippen LogP contribution < -0.4 is 0 Å². The summed E-state index contributed by atoms with van der Waals surface area (Å²) in [5.74, 6) is 1.82. The van der Waals surface area contributed by atoms with Crippen molar-refractivity contribution in [3.63, 3.8) is 0 Å². The number of ether oxygens (including phenoxy) is 4. The molecule has 0 aliphatic heterocycles. The molecule has 0 heterocycles. The Morgan fingerprint density at radius 3 is 1.21 bits per heavy atom. The van der Waals surface area contributed by atoms with E-state index in [0.717, 1.165) is 37.9 Å². The molecule has 0 atom stereocenters. The van der Waals surface area contributed by atoms with Gasteiger partial charge in [-0.15, -0.1) is 0 Å². The fourth-order valence-electron chi connectivity index (χ4n) is 3.29.